The zero-order valence-corrected chi connectivity index (χ0v) is 23.0. The summed E-state index contributed by atoms with van der Waals surface area (Å²) in [5.74, 6) is -2.51. The highest BCUT2D eigenvalue weighted by Gasteiger charge is 2.48. The van der Waals surface area contributed by atoms with Gasteiger partial charge in [0, 0.05) is 27.7 Å². The van der Waals surface area contributed by atoms with Crippen LogP contribution in [0.2, 0.25) is 10.0 Å². The van der Waals surface area contributed by atoms with Gasteiger partial charge in [-0.2, -0.15) is 0 Å². The van der Waals surface area contributed by atoms with Gasteiger partial charge in [0.05, 0.1) is 27.6 Å². The number of aliphatic hydroxyl groups excluding tert-OH is 1. The summed E-state index contributed by atoms with van der Waals surface area (Å²) < 4.78 is 26.2. The first-order valence-electron chi connectivity index (χ1n) is 11.3. The second-order valence-electron chi connectivity index (χ2n) is 8.45. The van der Waals surface area contributed by atoms with Crippen LogP contribution < -0.4 is 4.90 Å². The largest absolute Gasteiger partial charge is 0.507 e. The minimum Gasteiger partial charge on any atom is -0.507 e. The van der Waals surface area contributed by atoms with Crippen molar-refractivity contribution in [3.63, 3.8) is 0 Å². The highest BCUT2D eigenvalue weighted by Crippen LogP contribution is 2.44. The Morgan fingerprint density at radius 1 is 1.00 bits per heavy atom. The number of thiazole rings is 1. The molecule has 10 nitrogen and oxygen atoms in total. The molecule has 0 aliphatic carbocycles. The van der Waals surface area contributed by atoms with E-state index in [0.717, 1.165) is 35.4 Å². The predicted octanol–water partition coefficient (Wildman–Crippen LogP) is 5.82. The van der Waals surface area contributed by atoms with Crippen molar-refractivity contribution >= 4 is 72.6 Å². The quantitative estimate of drug-likeness (QED) is 0.0938. The minimum atomic E-state index is -4.17. The molecule has 4 aromatic rings. The Labute approximate surface area is 240 Å². The van der Waals surface area contributed by atoms with E-state index in [-0.39, 0.29) is 31.1 Å². The fourth-order valence-corrected chi connectivity index (χ4v) is 6.99. The number of hydrogen-bond donors (Lipinski definition) is 1. The van der Waals surface area contributed by atoms with E-state index < -0.39 is 38.3 Å². The summed E-state index contributed by atoms with van der Waals surface area (Å²) in [6, 6.07) is 15.5. The maximum Gasteiger partial charge on any atom is 0.301 e. The third-order valence-electron chi connectivity index (χ3n) is 6.03. The topological polar surface area (TPSA) is 148 Å². The van der Waals surface area contributed by atoms with Gasteiger partial charge in [-0.25, -0.2) is 13.4 Å². The Bertz CT molecular complexity index is 1820. The number of rotatable bonds is 6. The summed E-state index contributed by atoms with van der Waals surface area (Å²) >= 11 is 12.7. The van der Waals surface area contributed by atoms with Crippen LogP contribution in [0.15, 0.2) is 93.7 Å². The third-order valence-corrected chi connectivity index (χ3v) is 9.74. The van der Waals surface area contributed by atoms with E-state index >= 15 is 0 Å². The van der Waals surface area contributed by atoms with E-state index in [2.05, 4.69) is 4.98 Å². The fraction of sp³-hybridized carbons (Fsp3) is 0.0385. The molecule has 1 aromatic heterocycles. The van der Waals surface area contributed by atoms with E-state index in [1.807, 2.05) is 0 Å². The molecule has 1 aliphatic heterocycles. The zero-order valence-electron chi connectivity index (χ0n) is 19.9. The molecule has 0 spiro atoms. The fourth-order valence-electron chi connectivity index (χ4n) is 4.13. The number of anilines is 1. The van der Waals surface area contributed by atoms with Gasteiger partial charge < -0.3 is 5.11 Å². The Hall–Kier alpha value is -4.10. The number of halogens is 2. The van der Waals surface area contributed by atoms with E-state index in [1.54, 1.807) is 36.4 Å². The summed E-state index contributed by atoms with van der Waals surface area (Å²) in [6.45, 7) is 0. The smallest absolute Gasteiger partial charge is 0.301 e. The maximum atomic E-state index is 13.3. The van der Waals surface area contributed by atoms with Gasteiger partial charge in [0.1, 0.15) is 9.97 Å². The lowest BCUT2D eigenvalue weighted by Crippen LogP contribution is -2.29. The van der Waals surface area contributed by atoms with Gasteiger partial charge in [-0.3, -0.25) is 24.6 Å². The van der Waals surface area contributed by atoms with Crippen molar-refractivity contribution in [1.82, 2.24) is 4.98 Å². The summed E-state index contributed by atoms with van der Waals surface area (Å²) in [7, 11) is -4.17. The number of benzene rings is 3. The second kappa shape index (κ2) is 10.5. The number of hydrogen-bond acceptors (Lipinski definition) is 9. The lowest BCUT2D eigenvalue weighted by Gasteiger charge is -2.23. The van der Waals surface area contributed by atoms with Crippen molar-refractivity contribution in [2.75, 3.05) is 4.90 Å². The third kappa shape index (κ3) is 4.86. The van der Waals surface area contributed by atoms with Crippen LogP contribution in [0, 0.1) is 10.1 Å². The highest BCUT2D eigenvalue weighted by molar-refractivity contribution is 7.93. The Morgan fingerprint density at radius 2 is 1.68 bits per heavy atom. The lowest BCUT2D eigenvalue weighted by atomic mass is 9.95. The number of amides is 1. The minimum absolute atomic E-state index is 0.118. The first-order valence-corrected chi connectivity index (χ1v) is 14.3. The van der Waals surface area contributed by atoms with E-state index in [4.69, 9.17) is 23.2 Å². The van der Waals surface area contributed by atoms with Gasteiger partial charge in [-0.05, 0) is 42.0 Å². The van der Waals surface area contributed by atoms with Crippen molar-refractivity contribution < 1.29 is 28.0 Å². The number of Topliss-reactive ketones (excluding diaryl/α,β-unsaturated/α-hetero) is 1. The van der Waals surface area contributed by atoms with Gasteiger partial charge in [0.25, 0.3) is 11.5 Å². The summed E-state index contributed by atoms with van der Waals surface area (Å²) in [5, 5.41) is 22.7. The van der Waals surface area contributed by atoms with Crippen molar-refractivity contribution in [2.45, 2.75) is 15.1 Å². The van der Waals surface area contributed by atoms with Gasteiger partial charge >= 0.3 is 5.91 Å². The molecule has 1 aliphatic rings. The zero-order chi connectivity index (χ0) is 28.8. The average molecular weight is 616 g/mol. The molecule has 14 heteroatoms. The monoisotopic (exact) mass is 615 g/mol. The Balaban J connectivity index is 1.62. The molecule has 1 unspecified atom stereocenters. The van der Waals surface area contributed by atoms with Gasteiger partial charge in [-0.15, -0.1) is 0 Å². The number of non-ortho nitro benzene ring substituents is 1. The van der Waals surface area contributed by atoms with Crippen LogP contribution in [0.4, 0.5) is 10.8 Å². The summed E-state index contributed by atoms with van der Waals surface area (Å²) in [6.07, 6.45) is 1.03. The van der Waals surface area contributed by atoms with E-state index in [1.165, 1.54) is 12.1 Å². The number of aliphatic hydroxyl groups is 1. The summed E-state index contributed by atoms with van der Waals surface area (Å²) in [5.41, 5.74) is 0.0755. The summed E-state index contributed by atoms with van der Waals surface area (Å²) in [4.78, 5) is 41.8. The first-order chi connectivity index (χ1) is 19.0. The SMILES string of the molecule is O=C1C(=O)N(c2ncc(S(=O)(=O)c3ccc([N+](=O)[O-])cc3)s2)C(c2ccc(Cl)cc2)/C1=C(\O)c1cccc(Cl)c1. The lowest BCUT2D eigenvalue weighted by molar-refractivity contribution is -0.384. The van der Waals surface area contributed by atoms with Crippen LogP contribution in [0.3, 0.4) is 0 Å². The highest BCUT2D eigenvalue weighted by atomic mass is 35.5. The van der Waals surface area contributed by atoms with Gasteiger partial charge in [-0.1, -0.05) is 58.8 Å². The van der Waals surface area contributed by atoms with Crippen LogP contribution in [-0.4, -0.2) is 35.1 Å². The number of carbonyl (C=O) groups is 2. The molecule has 40 heavy (non-hydrogen) atoms. The first kappa shape index (κ1) is 27.5. The molecular weight excluding hydrogens is 601 g/mol. The van der Waals surface area contributed by atoms with E-state index in [0.29, 0.717) is 26.9 Å². The van der Waals surface area contributed by atoms with E-state index in [9.17, 15) is 33.2 Å². The number of nitrogens with zero attached hydrogens (tertiary/aromatic N) is 3. The number of nitro groups is 1. The number of ketones is 1. The molecule has 1 atom stereocenters. The standard InChI is InChI=1S/C26H15Cl2N3O7S2/c27-16-6-4-14(5-7-16)22-21(23(32)15-2-1-3-17(28)12-15)24(33)25(34)30(22)26-29-13-20(39-26)40(37,38)19-10-8-18(9-11-19)31(35)36/h1-13,22,32H/b23-21+. The molecule has 5 rings (SSSR count). The van der Waals surface area contributed by atoms with Crippen molar-refractivity contribution in [3.05, 3.63) is 116 Å². The molecule has 3 aromatic carbocycles. The number of aromatic nitrogens is 1. The Morgan fingerprint density at radius 3 is 2.30 bits per heavy atom. The molecule has 1 amide bonds. The molecule has 1 fully saturated rings. The molecular formula is C26H15Cl2N3O7S2. The number of carbonyl (C=O) groups excluding carboxylic acids is 2. The van der Waals surface area contributed by atoms with Crippen LogP contribution in [-0.2, 0) is 19.4 Å². The number of nitro benzene ring substituents is 1. The van der Waals surface area contributed by atoms with Crippen molar-refractivity contribution in [2.24, 2.45) is 0 Å². The van der Waals surface area contributed by atoms with Gasteiger partial charge in [0.2, 0.25) is 9.84 Å². The average Bonchev–Trinajstić information content (AvgIpc) is 3.52. The van der Waals surface area contributed by atoms with Crippen LogP contribution in [0.5, 0.6) is 0 Å². The van der Waals surface area contributed by atoms with Crippen molar-refractivity contribution in [3.8, 4) is 0 Å². The van der Waals surface area contributed by atoms with Crippen molar-refractivity contribution in [1.29, 1.82) is 0 Å². The van der Waals surface area contributed by atoms with Crippen LogP contribution in [0.25, 0.3) is 5.76 Å². The molecule has 0 bridgehead atoms. The van der Waals surface area contributed by atoms with Crippen LogP contribution in [0.1, 0.15) is 17.2 Å². The molecule has 0 saturated carbocycles. The normalized spacial score (nSPS) is 16.9. The molecule has 1 saturated heterocycles. The molecule has 202 valence electrons. The molecule has 0 radical (unpaired) electrons. The van der Waals surface area contributed by atoms with Gasteiger partial charge in [0.15, 0.2) is 5.13 Å². The maximum absolute atomic E-state index is 13.3. The number of sulfone groups is 1. The molecule has 2 heterocycles. The van der Waals surface area contributed by atoms with Crippen LogP contribution >= 0.6 is 34.5 Å². The predicted molar refractivity (Wildman–Crippen MR) is 148 cm³/mol. The molecule has 1 N–H and O–H groups in total. The Kier molecular flexibility index (Phi) is 7.19. The second-order valence-corrected chi connectivity index (χ2v) is 12.5.